The Bertz CT molecular complexity index is 1010. The number of alkyl halides is 3. The van der Waals surface area contributed by atoms with Crippen molar-refractivity contribution < 1.29 is 22.4 Å². The molecule has 0 aliphatic rings. The van der Waals surface area contributed by atoms with E-state index in [-0.39, 0.29) is 22.4 Å². The first-order chi connectivity index (χ1) is 13.3. The summed E-state index contributed by atoms with van der Waals surface area (Å²) in [7, 11) is 0. The SMILES string of the molecule is Nn1c(SCC(=O)Nc2ccccc2C(F)(F)F)nnc1-c1cccc(F)c1. The van der Waals surface area contributed by atoms with Gasteiger partial charge in [0.15, 0.2) is 5.82 Å². The van der Waals surface area contributed by atoms with E-state index in [4.69, 9.17) is 5.84 Å². The number of carbonyl (C=O) groups is 1. The highest BCUT2D eigenvalue weighted by molar-refractivity contribution is 7.99. The molecule has 0 bridgehead atoms. The van der Waals surface area contributed by atoms with Gasteiger partial charge in [-0.1, -0.05) is 36.0 Å². The summed E-state index contributed by atoms with van der Waals surface area (Å²) < 4.78 is 53.3. The van der Waals surface area contributed by atoms with Gasteiger partial charge in [0.25, 0.3) is 0 Å². The van der Waals surface area contributed by atoms with Crippen molar-refractivity contribution in [1.82, 2.24) is 14.9 Å². The summed E-state index contributed by atoms with van der Waals surface area (Å²) in [6.45, 7) is 0. The van der Waals surface area contributed by atoms with Crippen molar-refractivity contribution in [3.05, 3.63) is 59.9 Å². The first kappa shape index (κ1) is 19.7. The van der Waals surface area contributed by atoms with E-state index in [0.29, 0.717) is 5.56 Å². The van der Waals surface area contributed by atoms with Gasteiger partial charge in [0.2, 0.25) is 11.1 Å². The number of thioether (sulfide) groups is 1. The van der Waals surface area contributed by atoms with Crippen LogP contribution >= 0.6 is 11.8 Å². The van der Waals surface area contributed by atoms with Crippen molar-refractivity contribution in [3.63, 3.8) is 0 Å². The molecule has 3 N–H and O–H groups in total. The third-order valence-corrected chi connectivity index (χ3v) is 4.53. The number of amides is 1. The van der Waals surface area contributed by atoms with E-state index in [1.165, 1.54) is 36.4 Å². The maximum absolute atomic E-state index is 13.3. The molecule has 0 saturated heterocycles. The number of halogens is 4. The predicted molar refractivity (Wildman–Crippen MR) is 96.4 cm³/mol. The maximum Gasteiger partial charge on any atom is 0.418 e. The number of nitrogens with two attached hydrogens (primary N) is 1. The van der Waals surface area contributed by atoms with Gasteiger partial charge in [-0.05, 0) is 24.3 Å². The molecule has 0 spiro atoms. The van der Waals surface area contributed by atoms with E-state index < -0.39 is 23.5 Å². The topological polar surface area (TPSA) is 85.8 Å². The number of carbonyl (C=O) groups excluding carboxylic acids is 1. The number of para-hydroxylation sites is 1. The smallest absolute Gasteiger partial charge is 0.335 e. The van der Waals surface area contributed by atoms with Crippen LogP contribution in [0.3, 0.4) is 0 Å². The van der Waals surface area contributed by atoms with Crippen LogP contribution in [0.15, 0.2) is 53.7 Å². The highest BCUT2D eigenvalue weighted by Gasteiger charge is 2.33. The van der Waals surface area contributed by atoms with Gasteiger partial charge in [0, 0.05) is 5.56 Å². The lowest BCUT2D eigenvalue weighted by Crippen LogP contribution is -2.19. The fourth-order valence-corrected chi connectivity index (χ4v) is 3.01. The number of benzene rings is 2. The van der Waals surface area contributed by atoms with Crippen LogP contribution in [0, 0.1) is 5.82 Å². The number of nitrogens with zero attached hydrogens (tertiary/aromatic N) is 3. The van der Waals surface area contributed by atoms with Gasteiger partial charge >= 0.3 is 6.18 Å². The zero-order valence-electron chi connectivity index (χ0n) is 14.1. The average molecular weight is 411 g/mol. The summed E-state index contributed by atoms with van der Waals surface area (Å²) >= 11 is 0.885. The Labute approximate surface area is 160 Å². The minimum Gasteiger partial charge on any atom is -0.335 e. The zero-order chi connectivity index (χ0) is 20.3. The molecule has 1 amide bonds. The zero-order valence-corrected chi connectivity index (χ0v) is 14.9. The minimum absolute atomic E-state index is 0.151. The molecule has 0 radical (unpaired) electrons. The van der Waals surface area contributed by atoms with E-state index in [0.717, 1.165) is 22.5 Å². The molecule has 6 nitrogen and oxygen atoms in total. The first-order valence-corrected chi connectivity index (χ1v) is 8.79. The Morgan fingerprint density at radius 3 is 2.61 bits per heavy atom. The molecule has 0 aliphatic heterocycles. The lowest BCUT2D eigenvalue weighted by molar-refractivity contribution is -0.137. The van der Waals surface area contributed by atoms with Gasteiger partial charge in [0.05, 0.1) is 17.0 Å². The van der Waals surface area contributed by atoms with Crippen LogP contribution in [0.4, 0.5) is 23.2 Å². The highest BCUT2D eigenvalue weighted by Crippen LogP contribution is 2.34. The van der Waals surface area contributed by atoms with E-state index in [2.05, 4.69) is 15.5 Å². The maximum atomic E-state index is 13.3. The largest absolute Gasteiger partial charge is 0.418 e. The molecule has 3 rings (SSSR count). The van der Waals surface area contributed by atoms with Gasteiger partial charge in [-0.15, -0.1) is 10.2 Å². The van der Waals surface area contributed by atoms with Crippen LogP contribution in [-0.2, 0) is 11.0 Å². The van der Waals surface area contributed by atoms with E-state index in [9.17, 15) is 22.4 Å². The van der Waals surface area contributed by atoms with Gasteiger partial charge in [0.1, 0.15) is 5.82 Å². The van der Waals surface area contributed by atoms with Crippen LogP contribution in [-0.4, -0.2) is 26.5 Å². The lowest BCUT2D eigenvalue weighted by atomic mass is 10.1. The number of rotatable bonds is 5. The molecule has 0 aliphatic carbocycles. The molecule has 1 aromatic heterocycles. The van der Waals surface area contributed by atoms with Gasteiger partial charge in [-0.25, -0.2) is 9.07 Å². The number of anilines is 1. The second-order valence-corrected chi connectivity index (χ2v) is 6.51. The standard InChI is InChI=1S/C17H13F4N5OS/c18-11-5-3-4-10(8-11)15-24-25-16(26(15)22)28-9-14(27)23-13-7-2-1-6-12(13)17(19,20)21/h1-8H,9,22H2,(H,23,27). The monoisotopic (exact) mass is 411 g/mol. The van der Waals surface area contributed by atoms with Gasteiger partial charge in [-0.2, -0.15) is 13.2 Å². The Hall–Kier alpha value is -3.08. The summed E-state index contributed by atoms with van der Waals surface area (Å²) in [5, 5.41) is 10.1. The summed E-state index contributed by atoms with van der Waals surface area (Å²) in [6.07, 6.45) is -4.59. The fourth-order valence-electron chi connectivity index (χ4n) is 2.36. The Morgan fingerprint density at radius 1 is 1.14 bits per heavy atom. The predicted octanol–water partition coefficient (Wildman–Crippen LogP) is 3.55. The molecule has 11 heteroatoms. The van der Waals surface area contributed by atoms with Crippen molar-refractivity contribution in [2.24, 2.45) is 0 Å². The first-order valence-electron chi connectivity index (χ1n) is 7.81. The summed E-state index contributed by atoms with van der Waals surface area (Å²) in [4.78, 5) is 12.1. The number of hydrogen-bond acceptors (Lipinski definition) is 5. The third-order valence-electron chi connectivity index (χ3n) is 3.59. The van der Waals surface area contributed by atoms with Crippen molar-refractivity contribution in [2.75, 3.05) is 16.9 Å². The molecule has 0 atom stereocenters. The van der Waals surface area contributed by atoms with E-state index >= 15 is 0 Å². The highest BCUT2D eigenvalue weighted by atomic mass is 32.2. The Balaban J connectivity index is 1.68. The molecule has 146 valence electrons. The third kappa shape index (κ3) is 4.42. The molecule has 0 saturated carbocycles. The summed E-state index contributed by atoms with van der Waals surface area (Å²) in [6, 6.07) is 10.2. The Kier molecular flexibility index (Phi) is 5.54. The van der Waals surface area contributed by atoms with E-state index in [1.54, 1.807) is 6.07 Å². The molecule has 1 heterocycles. The van der Waals surface area contributed by atoms with Crippen molar-refractivity contribution in [3.8, 4) is 11.4 Å². The van der Waals surface area contributed by atoms with Crippen molar-refractivity contribution >= 4 is 23.4 Å². The summed E-state index contributed by atoms with van der Waals surface area (Å²) in [5.74, 6) is 4.67. The second-order valence-electron chi connectivity index (χ2n) is 5.57. The number of aromatic nitrogens is 3. The van der Waals surface area contributed by atoms with Crippen LogP contribution in [0.25, 0.3) is 11.4 Å². The lowest BCUT2D eigenvalue weighted by Gasteiger charge is -2.13. The quantitative estimate of drug-likeness (QED) is 0.381. The van der Waals surface area contributed by atoms with Crippen molar-refractivity contribution in [1.29, 1.82) is 0 Å². The minimum atomic E-state index is -4.59. The van der Waals surface area contributed by atoms with Crippen LogP contribution < -0.4 is 11.2 Å². The van der Waals surface area contributed by atoms with Crippen LogP contribution in [0.2, 0.25) is 0 Å². The number of nitrogen functional groups attached to an aromatic ring is 1. The number of hydrogen-bond donors (Lipinski definition) is 2. The van der Waals surface area contributed by atoms with Gasteiger partial charge in [-0.3, -0.25) is 4.79 Å². The normalized spacial score (nSPS) is 11.4. The van der Waals surface area contributed by atoms with Crippen LogP contribution in [0.1, 0.15) is 5.56 Å². The summed E-state index contributed by atoms with van der Waals surface area (Å²) in [5.41, 5.74) is -0.885. The fraction of sp³-hybridized carbons (Fsp3) is 0.118. The van der Waals surface area contributed by atoms with Gasteiger partial charge < -0.3 is 11.2 Å². The van der Waals surface area contributed by atoms with E-state index in [1.807, 2.05) is 0 Å². The van der Waals surface area contributed by atoms with Crippen LogP contribution in [0.5, 0.6) is 0 Å². The molecular formula is C17H13F4N5OS. The Morgan fingerprint density at radius 2 is 1.89 bits per heavy atom. The second kappa shape index (κ2) is 7.89. The molecule has 3 aromatic rings. The molecule has 0 fully saturated rings. The molecule has 28 heavy (non-hydrogen) atoms. The molecule has 0 unspecified atom stereocenters. The molecular weight excluding hydrogens is 398 g/mol. The van der Waals surface area contributed by atoms with Crippen molar-refractivity contribution in [2.45, 2.75) is 11.3 Å². The average Bonchev–Trinajstić information content (AvgIpc) is 3.00. The molecule has 2 aromatic carbocycles. The number of nitrogens with one attached hydrogen (secondary N) is 1.